The molecule has 2 aromatic rings. The van der Waals surface area contributed by atoms with Crippen molar-refractivity contribution in [2.24, 2.45) is 5.92 Å². The molecule has 1 atom stereocenters. The van der Waals surface area contributed by atoms with Crippen LogP contribution in [0.2, 0.25) is 0 Å². The van der Waals surface area contributed by atoms with E-state index in [0.29, 0.717) is 25.7 Å². The molecule has 0 heterocycles. The van der Waals surface area contributed by atoms with E-state index in [4.69, 9.17) is 18.9 Å². The van der Waals surface area contributed by atoms with E-state index >= 15 is 0 Å². The highest BCUT2D eigenvalue weighted by atomic mass is 16.7. The number of rotatable bonds is 15. The number of hydrogen-bond donors (Lipinski definition) is 1. The van der Waals surface area contributed by atoms with Gasteiger partial charge in [0.05, 0.1) is 18.8 Å². The monoisotopic (exact) mass is 568 g/mol. The molecule has 2 aromatic carbocycles. The number of nitrogens with zero attached hydrogens (tertiary/aromatic N) is 1. The summed E-state index contributed by atoms with van der Waals surface area (Å²) in [4.78, 5) is 28.8. The van der Waals surface area contributed by atoms with Crippen molar-refractivity contribution in [1.29, 1.82) is 0 Å². The summed E-state index contributed by atoms with van der Waals surface area (Å²) in [7, 11) is 0. The van der Waals surface area contributed by atoms with Crippen molar-refractivity contribution in [1.82, 2.24) is 10.2 Å². The van der Waals surface area contributed by atoms with Crippen molar-refractivity contribution < 1.29 is 28.5 Å². The first kappa shape index (κ1) is 32.6. The van der Waals surface area contributed by atoms with E-state index < -0.39 is 24.0 Å². The number of hydrogen-bond acceptors (Lipinski definition) is 6. The standard InChI is InChI=1S/C33H48N2O6/c1-8-38-30(39-9-2)20-35(19-18-23(3)4)31(36)29(22-41-33(5,6)7)34-32(37)40-21-28-26-16-12-10-14-24(26)25-15-11-13-17-27(25)28/h10-17,23,28-30H,8-9,18-22H2,1-7H3,(H,34,37). The predicted molar refractivity (Wildman–Crippen MR) is 161 cm³/mol. The van der Waals surface area contributed by atoms with Gasteiger partial charge in [-0.05, 0) is 69.2 Å². The van der Waals surface area contributed by atoms with Gasteiger partial charge in [0.2, 0.25) is 5.91 Å². The van der Waals surface area contributed by atoms with Crippen molar-refractivity contribution >= 4 is 12.0 Å². The molecule has 8 heteroatoms. The van der Waals surface area contributed by atoms with Gasteiger partial charge >= 0.3 is 6.09 Å². The number of ether oxygens (including phenoxy) is 4. The number of carbonyl (C=O) groups excluding carboxylic acids is 2. The molecule has 1 aliphatic rings. The Morgan fingerprint density at radius 1 is 0.927 bits per heavy atom. The number of benzene rings is 2. The van der Waals surface area contributed by atoms with E-state index in [9.17, 15) is 9.59 Å². The van der Waals surface area contributed by atoms with E-state index in [-0.39, 0.29) is 31.6 Å². The summed E-state index contributed by atoms with van der Waals surface area (Å²) < 4.78 is 23.2. The van der Waals surface area contributed by atoms with Crippen LogP contribution < -0.4 is 5.32 Å². The van der Waals surface area contributed by atoms with Gasteiger partial charge in [0.1, 0.15) is 12.6 Å². The lowest BCUT2D eigenvalue weighted by atomic mass is 9.98. The third-order valence-electron chi connectivity index (χ3n) is 6.98. The normalized spacial score (nSPS) is 13.7. The smallest absolute Gasteiger partial charge is 0.407 e. The van der Waals surface area contributed by atoms with Crippen LogP contribution in [-0.2, 0) is 23.7 Å². The molecule has 0 saturated carbocycles. The lowest BCUT2D eigenvalue weighted by Crippen LogP contribution is -2.54. The van der Waals surface area contributed by atoms with Crippen molar-refractivity contribution in [3.8, 4) is 11.1 Å². The fourth-order valence-electron chi connectivity index (χ4n) is 4.92. The largest absolute Gasteiger partial charge is 0.449 e. The van der Waals surface area contributed by atoms with Crippen LogP contribution in [0.5, 0.6) is 0 Å². The number of fused-ring (bicyclic) bond motifs is 3. The zero-order valence-corrected chi connectivity index (χ0v) is 25.8. The van der Waals surface area contributed by atoms with Crippen LogP contribution >= 0.6 is 0 Å². The summed E-state index contributed by atoms with van der Waals surface area (Å²) in [6, 6.07) is 15.4. The Kier molecular flexibility index (Phi) is 12.2. The van der Waals surface area contributed by atoms with Crippen molar-refractivity contribution in [2.75, 3.05) is 39.5 Å². The average molecular weight is 569 g/mol. The van der Waals surface area contributed by atoms with Crippen LogP contribution in [0.3, 0.4) is 0 Å². The fraction of sp³-hybridized carbons (Fsp3) is 0.576. The summed E-state index contributed by atoms with van der Waals surface area (Å²) in [6.07, 6.45) is -0.411. The Bertz CT molecular complexity index is 1080. The zero-order valence-electron chi connectivity index (χ0n) is 25.8. The summed E-state index contributed by atoms with van der Waals surface area (Å²) in [5.74, 6) is 0.0592. The van der Waals surface area contributed by atoms with E-state index in [1.165, 1.54) is 0 Å². The Hall–Kier alpha value is -2.94. The molecule has 0 saturated heterocycles. The molecule has 1 N–H and O–H groups in total. The molecular weight excluding hydrogens is 520 g/mol. The third kappa shape index (κ3) is 9.55. The first-order chi connectivity index (χ1) is 19.5. The van der Waals surface area contributed by atoms with Crippen LogP contribution in [0.25, 0.3) is 11.1 Å². The molecule has 2 amide bonds. The first-order valence-corrected chi connectivity index (χ1v) is 14.8. The molecule has 226 valence electrons. The lowest BCUT2D eigenvalue weighted by Gasteiger charge is -2.32. The fourth-order valence-corrected chi connectivity index (χ4v) is 4.92. The Labute approximate surface area is 245 Å². The molecule has 8 nitrogen and oxygen atoms in total. The predicted octanol–water partition coefficient (Wildman–Crippen LogP) is 5.98. The number of nitrogens with one attached hydrogen (secondary N) is 1. The molecule has 3 rings (SSSR count). The SMILES string of the molecule is CCOC(CN(CCC(C)C)C(=O)C(COC(C)(C)C)NC(=O)OCC1c2ccccc2-c2ccccc21)OCC. The van der Waals surface area contributed by atoms with Gasteiger partial charge in [0.25, 0.3) is 0 Å². The van der Waals surface area contributed by atoms with E-state index in [1.807, 2.05) is 58.9 Å². The van der Waals surface area contributed by atoms with Crippen LogP contribution in [0.15, 0.2) is 48.5 Å². The van der Waals surface area contributed by atoms with Gasteiger partial charge < -0.3 is 29.2 Å². The quantitative estimate of drug-likeness (QED) is 0.266. The second-order valence-corrected chi connectivity index (χ2v) is 11.8. The molecule has 0 bridgehead atoms. The molecule has 0 aliphatic heterocycles. The maximum absolute atomic E-state index is 13.9. The van der Waals surface area contributed by atoms with Gasteiger partial charge in [-0.15, -0.1) is 0 Å². The highest BCUT2D eigenvalue weighted by molar-refractivity contribution is 5.86. The van der Waals surface area contributed by atoms with Gasteiger partial charge in [-0.2, -0.15) is 0 Å². The Balaban J connectivity index is 1.75. The van der Waals surface area contributed by atoms with E-state index in [0.717, 1.165) is 28.7 Å². The van der Waals surface area contributed by atoms with Crippen LogP contribution in [-0.4, -0.2) is 74.4 Å². The van der Waals surface area contributed by atoms with Crippen molar-refractivity contribution in [2.45, 2.75) is 78.7 Å². The van der Waals surface area contributed by atoms with Gasteiger partial charge in [0, 0.05) is 25.7 Å². The number of alkyl carbamates (subject to hydrolysis) is 1. The van der Waals surface area contributed by atoms with E-state index in [2.05, 4.69) is 43.4 Å². The Morgan fingerprint density at radius 2 is 1.49 bits per heavy atom. The van der Waals surface area contributed by atoms with Crippen LogP contribution in [0, 0.1) is 5.92 Å². The minimum absolute atomic E-state index is 0.0125. The minimum Gasteiger partial charge on any atom is -0.449 e. The molecule has 0 fully saturated rings. The second-order valence-electron chi connectivity index (χ2n) is 11.8. The van der Waals surface area contributed by atoms with Crippen molar-refractivity contribution in [3.63, 3.8) is 0 Å². The Morgan fingerprint density at radius 3 is 2.00 bits per heavy atom. The highest BCUT2D eigenvalue weighted by Gasteiger charge is 2.32. The molecule has 41 heavy (non-hydrogen) atoms. The molecular formula is C33H48N2O6. The van der Waals surface area contributed by atoms with Gasteiger partial charge in [0.15, 0.2) is 6.29 Å². The van der Waals surface area contributed by atoms with Gasteiger partial charge in [-0.3, -0.25) is 4.79 Å². The summed E-state index contributed by atoms with van der Waals surface area (Å²) in [5, 5.41) is 2.81. The first-order valence-electron chi connectivity index (χ1n) is 14.8. The summed E-state index contributed by atoms with van der Waals surface area (Å²) >= 11 is 0. The van der Waals surface area contributed by atoms with E-state index in [1.54, 1.807) is 4.90 Å². The molecule has 1 unspecified atom stereocenters. The maximum Gasteiger partial charge on any atom is 0.407 e. The maximum atomic E-state index is 13.9. The van der Waals surface area contributed by atoms with Crippen LogP contribution in [0.1, 0.15) is 71.9 Å². The highest BCUT2D eigenvalue weighted by Crippen LogP contribution is 2.44. The van der Waals surface area contributed by atoms with Gasteiger partial charge in [-0.25, -0.2) is 4.79 Å². The molecule has 0 aromatic heterocycles. The number of carbonyl (C=O) groups is 2. The number of amides is 2. The molecule has 0 radical (unpaired) electrons. The topological polar surface area (TPSA) is 86.3 Å². The molecule has 0 spiro atoms. The lowest BCUT2D eigenvalue weighted by molar-refractivity contribution is -0.161. The third-order valence-corrected chi connectivity index (χ3v) is 6.98. The van der Waals surface area contributed by atoms with Gasteiger partial charge in [-0.1, -0.05) is 62.4 Å². The minimum atomic E-state index is -0.930. The average Bonchev–Trinajstić information content (AvgIpc) is 3.25. The zero-order chi connectivity index (χ0) is 30.0. The van der Waals surface area contributed by atoms with Crippen molar-refractivity contribution in [3.05, 3.63) is 59.7 Å². The molecule has 1 aliphatic carbocycles. The summed E-state index contributed by atoms with van der Waals surface area (Å²) in [6.45, 7) is 15.6. The second kappa shape index (κ2) is 15.3. The van der Waals surface area contributed by atoms with Crippen LogP contribution in [0.4, 0.5) is 4.79 Å². The summed E-state index contributed by atoms with van der Waals surface area (Å²) in [5.41, 5.74) is 4.07.